The van der Waals surface area contributed by atoms with Crippen LogP contribution in [0.15, 0.2) is 21.6 Å². The third kappa shape index (κ3) is 4.29. The van der Waals surface area contributed by atoms with E-state index in [2.05, 4.69) is 10.0 Å². The van der Waals surface area contributed by atoms with Crippen LogP contribution in [0.5, 0.6) is 0 Å². The zero-order chi connectivity index (χ0) is 14.4. The summed E-state index contributed by atoms with van der Waals surface area (Å²) in [6.07, 6.45) is -0.255. The van der Waals surface area contributed by atoms with Gasteiger partial charge in [-0.2, -0.15) is 0 Å². The second-order valence-corrected chi connectivity index (χ2v) is 6.12. The molecule has 0 aliphatic carbocycles. The summed E-state index contributed by atoms with van der Waals surface area (Å²) in [6, 6.07) is 3.10. The van der Waals surface area contributed by atoms with Crippen molar-refractivity contribution in [3.63, 3.8) is 0 Å². The molecule has 8 heteroatoms. The fraction of sp³-hybridized carbons (Fsp3) is 0.667. The van der Waals surface area contributed by atoms with E-state index in [1.807, 2.05) is 6.92 Å². The fourth-order valence-corrected chi connectivity index (χ4v) is 2.79. The van der Waals surface area contributed by atoms with E-state index in [-0.39, 0.29) is 17.7 Å². The van der Waals surface area contributed by atoms with Crippen LogP contribution in [0.1, 0.15) is 12.7 Å². The molecule has 1 atom stereocenters. The first kappa shape index (κ1) is 15.5. The highest BCUT2D eigenvalue weighted by molar-refractivity contribution is 7.89. The average molecular weight is 304 g/mol. The van der Waals surface area contributed by atoms with Gasteiger partial charge in [-0.15, -0.1) is 0 Å². The molecular formula is C12H20N2O5S. The zero-order valence-corrected chi connectivity index (χ0v) is 12.2. The van der Waals surface area contributed by atoms with Crippen LogP contribution in [0.3, 0.4) is 0 Å². The number of sulfonamides is 1. The third-order valence-corrected chi connectivity index (χ3v) is 4.13. The summed E-state index contributed by atoms with van der Waals surface area (Å²) in [5.74, 6) is 0.587. The highest BCUT2D eigenvalue weighted by Crippen LogP contribution is 2.14. The number of hydrogen-bond donors (Lipinski definition) is 2. The minimum atomic E-state index is -3.64. The second kappa shape index (κ2) is 7.19. The first-order valence-corrected chi connectivity index (χ1v) is 8.08. The van der Waals surface area contributed by atoms with Gasteiger partial charge < -0.3 is 19.2 Å². The van der Waals surface area contributed by atoms with E-state index in [1.165, 1.54) is 6.07 Å². The van der Waals surface area contributed by atoms with Crippen LogP contribution in [0.4, 0.5) is 0 Å². The molecule has 1 aliphatic rings. The quantitative estimate of drug-likeness (QED) is 0.741. The molecule has 114 valence electrons. The Kier molecular flexibility index (Phi) is 5.55. The molecule has 2 rings (SSSR count). The predicted octanol–water partition coefficient (Wildman–Crippen LogP) is 0.0828. The lowest BCUT2D eigenvalue weighted by atomic mass is 10.3. The summed E-state index contributed by atoms with van der Waals surface area (Å²) in [7, 11) is -3.64. The summed E-state index contributed by atoms with van der Waals surface area (Å²) in [4.78, 5) is 0. The Hall–Kier alpha value is -0.930. The van der Waals surface area contributed by atoms with Crippen molar-refractivity contribution in [2.45, 2.75) is 24.7 Å². The Morgan fingerprint density at radius 2 is 2.20 bits per heavy atom. The lowest BCUT2D eigenvalue weighted by Crippen LogP contribution is -2.39. The summed E-state index contributed by atoms with van der Waals surface area (Å²) in [6.45, 7) is 4.87. The van der Waals surface area contributed by atoms with Gasteiger partial charge in [0.25, 0.3) is 10.0 Å². The highest BCUT2D eigenvalue weighted by atomic mass is 32.2. The molecule has 1 saturated heterocycles. The van der Waals surface area contributed by atoms with Crippen molar-refractivity contribution >= 4 is 10.0 Å². The van der Waals surface area contributed by atoms with Gasteiger partial charge in [-0.25, -0.2) is 13.1 Å². The molecule has 0 bridgehead atoms. The van der Waals surface area contributed by atoms with Crippen molar-refractivity contribution in [1.29, 1.82) is 0 Å². The molecule has 1 unspecified atom stereocenters. The number of furan rings is 1. The van der Waals surface area contributed by atoms with Crippen LogP contribution in [0, 0.1) is 0 Å². The first-order valence-electron chi connectivity index (χ1n) is 6.60. The number of rotatable bonds is 7. The van der Waals surface area contributed by atoms with Crippen LogP contribution in [0.25, 0.3) is 0 Å². The molecule has 2 N–H and O–H groups in total. The molecule has 0 amide bonds. The SMILES string of the molecule is CCNCc1ccc(S(=O)(=O)NCC2COCCO2)o1. The zero-order valence-electron chi connectivity index (χ0n) is 11.4. The molecule has 7 nitrogen and oxygen atoms in total. The van der Waals surface area contributed by atoms with Crippen LogP contribution >= 0.6 is 0 Å². The Morgan fingerprint density at radius 1 is 1.35 bits per heavy atom. The van der Waals surface area contributed by atoms with Crippen molar-refractivity contribution in [1.82, 2.24) is 10.0 Å². The number of nitrogens with one attached hydrogen (secondary N) is 2. The van der Waals surface area contributed by atoms with Crippen molar-refractivity contribution in [3.05, 3.63) is 17.9 Å². The molecule has 2 heterocycles. The lowest BCUT2D eigenvalue weighted by Gasteiger charge is -2.22. The van der Waals surface area contributed by atoms with E-state index in [0.717, 1.165) is 6.54 Å². The van der Waals surface area contributed by atoms with E-state index in [1.54, 1.807) is 6.07 Å². The fourth-order valence-electron chi connectivity index (χ4n) is 1.77. The molecule has 0 aromatic carbocycles. The smallest absolute Gasteiger partial charge is 0.274 e. The molecular weight excluding hydrogens is 284 g/mol. The minimum absolute atomic E-state index is 0.0814. The van der Waals surface area contributed by atoms with Crippen LogP contribution < -0.4 is 10.0 Å². The van der Waals surface area contributed by atoms with Gasteiger partial charge in [-0.1, -0.05) is 6.92 Å². The normalized spacial score (nSPS) is 20.1. The molecule has 20 heavy (non-hydrogen) atoms. The van der Waals surface area contributed by atoms with Gasteiger partial charge in [-0.3, -0.25) is 0 Å². The van der Waals surface area contributed by atoms with E-state index < -0.39 is 10.0 Å². The largest absolute Gasteiger partial charge is 0.447 e. The van der Waals surface area contributed by atoms with Gasteiger partial charge in [0.1, 0.15) is 5.76 Å². The number of hydrogen-bond acceptors (Lipinski definition) is 6. The molecule has 1 aromatic rings. The van der Waals surface area contributed by atoms with E-state index in [4.69, 9.17) is 13.9 Å². The maximum absolute atomic E-state index is 12.0. The Morgan fingerprint density at radius 3 is 2.90 bits per heavy atom. The topological polar surface area (TPSA) is 89.8 Å². The Balaban J connectivity index is 1.90. The summed E-state index contributed by atoms with van der Waals surface area (Å²) in [5.41, 5.74) is 0. The highest BCUT2D eigenvalue weighted by Gasteiger charge is 2.22. The number of ether oxygens (including phenoxy) is 2. The van der Waals surface area contributed by atoms with Gasteiger partial charge >= 0.3 is 0 Å². The average Bonchev–Trinajstić information content (AvgIpc) is 2.94. The van der Waals surface area contributed by atoms with Gasteiger partial charge in [0.05, 0.1) is 32.5 Å². The summed E-state index contributed by atoms with van der Waals surface area (Å²) in [5, 5.41) is 2.99. The minimum Gasteiger partial charge on any atom is -0.447 e. The van der Waals surface area contributed by atoms with Gasteiger partial charge in [0.2, 0.25) is 5.09 Å². The van der Waals surface area contributed by atoms with Crippen LogP contribution in [0.2, 0.25) is 0 Å². The summed E-state index contributed by atoms with van der Waals surface area (Å²) < 4.78 is 42.4. The molecule has 0 spiro atoms. The van der Waals surface area contributed by atoms with Gasteiger partial charge in [-0.05, 0) is 18.7 Å². The molecule has 0 radical (unpaired) electrons. The van der Waals surface area contributed by atoms with Crippen molar-refractivity contribution in [2.24, 2.45) is 0 Å². The van der Waals surface area contributed by atoms with Crippen LogP contribution in [-0.4, -0.2) is 47.4 Å². The van der Waals surface area contributed by atoms with E-state index in [0.29, 0.717) is 32.1 Å². The van der Waals surface area contributed by atoms with Crippen molar-refractivity contribution in [3.8, 4) is 0 Å². The molecule has 0 saturated carbocycles. The Bertz CT molecular complexity index is 508. The predicted molar refractivity (Wildman–Crippen MR) is 71.8 cm³/mol. The lowest BCUT2D eigenvalue weighted by molar-refractivity contribution is -0.0847. The maximum atomic E-state index is 12.0. The molecule has 1 aliphatic heterocycles. The monoisotopic (exact) mass is 304 g/mol. The first-order chi connectivity index (χ1) is 9.62. The summed E-state index contributed by atoms with van der Waals surface area (Å²) >= 11 is 0. The third-order valence-electron chi connectivity index (χ3n) is 2.84. The van der Waals surface area contributed by atoms with E-state index in [9.17, 15) is 8.42 Å². The second-order valence-electron chi connectivity index (χ2n) is 4.42. The van der Waals surface area contributed by atoms with Crippen LogP contribution in [-0.2, 0) is 26.0 Å². The standard InChI is InChI=1S/C12H20N2O5S/c1-2-13-7-10-3-4-12(19-10)20(15,16)14-8-11-9-17-5-6-18-11/h3-4,11,13-14H,2,5-9H2,1H3. The van der Waals surface area contributed by atoms with Gasteiger partial charge in [0, 0.05) is 6.54 Å². The molecule has 1 fully saturated rings. The van der Waals surface area contributed by atoms with Crippen molar-refractivity contribution in [2.75, 3.05) is 32.9 Å². The van der Waals surface area contributed by atoms with Crippen molar-refractivity contribution < 1.29 is 22.3 Å². The maximum Gasteiger partial charge on any atom is 0.274 e. The molecule has 1 aromatic heterocycles. The van der Waals surface area contributed by atoms with E-state index >= 15 is 0 Å². The van der Waals surface area contributed by atoms with Gasteiger partial charge in [0.15, 0.2) is 0 Å². The Labute approximate surface area is 118 Å².